The SMILES string of the molecule is N#Cc1nccnc1N1CC2CCCC2(COc2ncc(F)cn2)C1. The number of aromatic nitrogens is 4. The monoisotopic (exact) mass is 340 g/mol. The first-order valence-corrected chi connectivity index (χ1v) is 8.27. The molecule has 8 heteroatoms. The van der Waals surface area contributed by atoms with Crippen molar-refractivity contribution in [1.29, 1.82) is 5.26 Å². The van der Waals surface area contributed by atoms with Crippen molar-refractivity contribution >= 4 is 5.82 Å². The second kappa shape index (κ2) is 6.24. The number of anilines is 1. The second-order valence-electron chi connectivity index (χ2n) is 6.64. The van der Waals surface area contributed by atoms with Crippen molar-refractivity contribution < 1.29 is 9.13 Å². The Bertz CT molecular complexity index is 808. The molecule has 7 nitrogen and oxygen atoms in total. The van der Waals surface area contributed by atoms with E-state index in [4.69, 9.17) is 4.74 Å². The average molecular weight is 340 g/mol. The zero-order valence-electron chi connectivity index (χ0n) is 13.6. The molecule has 1 saturated heterocycles. The van der Waals surface area contributed by atoms with Crippen LogP contribution in [0.2, 0.25) is 0 Å². The summed E-state index contributed by atoms with van der Waals surface area (Å²) in [5, 5.41) is 9.27. The highest BCUT2D eigenvalue weighted by Crippen LogP contribution is 2.49. The molecule has 1 aliphatic carbocycles. The molecular weight excluding hydrogens is 323 g/mol. The highest BCUT2D eigenvalue weighted by Gasteiger charge is 2.50. The molecule has 2 aliphatic rings. The van der Waals surface area contributed by atoms with E-state index in [1.165, 1.54) is 6.20 Å². The van der Waals surface area contributed by atoms with Crippen molar-refractivity contribution in [2.24, 2.45) is 11.3 Å². The lowest BCUT2D eigenvalue weighted by Crippen LogP contribution is -2.34. The number of hydrogen-bond donors (Lipinski definition) is 0. The van der Waals surface area contributed by atoms with Gasteiger partial charge in [-0.25, -0.2) is 24.3 Å². The van der Waals surface area contributed by atoms with Crippen molar-refractivity contribution in [1.82, 2.24) is 19.9 Å². The van der Waals surface area contributed by atoms with Crippen LogP contribution in [-0.2, 0) is 0 Å². The zero-order chi connectivity index (χ0) is 17.3. The normalized spacial score (nSPS) is 24.8. The fourth-order valence-electron chi connectivity index (χ4n) is 4.04. The van der Waals surface area contributed by atoms with Crippen LogP contribution in [0, 0.1) is 28.5 Å². The van der Waals surface area contributed by atoms with Gasteiger partial charge in [-0.05, 0) is 18.8 Å². The summed E-state index contributed by atoms with van der Waals surface area (Å²) in [6.07, 6.45) is 8.66. The summed E-state index contributed by atoms with van der Waals surface area (Å²) in [5.41, 5.74) is 0.322. The first-order chi connectivity index (χ1) is 12.2. The maximum atomic E-state index is 12.9. The molecule has 1 aliphatic heterocycles. The van der Waals surface area contributed by atoms with Crippen LogP contribution < -0.4 is 9.64 Å². The van der Waals surface area contributed by atoms with Gasteiger partial charge in [0.25, 0.3) is 0 Å². The first kappa shape index (κ1) is 15.7. The Morgan fingerprint density at radius 2 is 2.08 bits per heavy atom. The summed E-state index contributed by atoms with van der Waals surface area (Å²) in [6, 6.07) is 2.30. The highest BCUT2D eigenvalue weighted by atomic mass is 19.1. The second-order valence-corrected chi connectivity index (χ2v) is 6.64. The smallest absolute Gasteiger partial charge is 0.316 e. The van der Waals surface area contributed by atoms with Crippen LogP contribution in [0.5, 0.6) is 6.01 Å². The summed E-state index contributed by atoms with van der Waals surface area (Å²) >= 11 is 0. The molecule has 25 heavy (non-hydrogen) atoms. The molecule has 2 atom stereocenters. The van der Waals surface area contributed by atoms with Crippen LogP contribution in [-0.4, -0.2) is 39.6 Å². The quantitative estimate of drug-likeness (QED) is 0.840. The van der Waals surface area contributed by atoms with Gasteiger partial charge in [0.2, 0.25) is 0 Å². The molecule has 0 aromatic carbocycles. The number of nitrogens with zero attached hydrogens (tertiary/aromatic N) is 6. The summed E-state index contributed by atoms with van der Waals surface area (Å²) in [7, 11) is 0. The van der Waals surface area contributed by atoms with Gasteiger partial charge >= 0.3 is 6.01 Å². The minimum atomic E-state index is -0.483. The third-order valence-electron chi connectivity index (χ3n) is 5.21. The average Bonchev–Trinajstić information content (AvgIpc) is 3.18. The van der Waals surface area contributed by atoms with Crippen LogP contribution in [0.1, 0.15) is 25.0 Å². The Morgan fingerprint density at radius 1 is 1.28 bits per heavy atom. The van der Waals surface area contributed by atoms with Crippen molar-refractivity contribution in [3.8, 4) is 12.1 Å². The van der Waals surface area contributed by atoms with E-state index < -0.39 is 5.82 Å². The molecule has 0 amide bonds. The predicted octanol–water partition coefficient (Wildman–Crippen LogP) is 1.96. The number of rotatable bonds is 4. The highest BCUT2D eigenvalue weighted by molar-refractivity contribution is 5.51. The number of nitriles is 1. The Balaban J connectivity index is 1.52. The van der Waals surface area contributed by atoms with Gasteiger partial charge < -0.3 is 9.64 Å². The number of halogens is 1. The molecule has 1 saturated carbocycles. The molecule has 2 fully saturated rings. The van der Waals surface area contributed by atoms with Crippen LogP contribution in [0.3, 0.4) is 0 Å². The molecule has 0 N–H and O–H groups in total. The van der Waals surface area contributed by atoms with Crippen molar-refractivity contribution in [2.45, 2.75) is 19.3 Å². The Kier molecular flexibility index (Phi) is 3.92. The van der Waals surface area contributed by atoms with Gasteiger partial charge in [0.1, 0.15) is 6.07 Å². The van der Waals surface area contributed by atoms with Gasteiger partial charge in [0.05, 0.1) is 19.0 Å². The minimum Gasteiger partial charge on any atom is -0.463 e. The van der Waals surface area contributed by atoms with Gasteiger partial charge in [-0.15, -0.1) is 0 Å². The molecule has 2 aromatic rings. The molecular formula is C17H17FN6O. The fourth-order valence-corrected chi connectivity index (χ4v) is 4.04. The van der Waals surface area contributed by atoms with E-state index in [2.05, 4.69) is 30.9 Å². The van der Waals surface area contributed by atoms with Gasteiger partial charge in [-0.1, -0.05) is 6.42 Å². The van der Waals surface area contributed by atoms with E-state index in [9.17, 15) is 9.65 Å². The molecule has 4 rings (SSSR count). The molecule has 3 heterocycles. The molecule has 0 radical (unpaired) electrons. The fraction of sp³-hybridized carbons (Fsp3) is 0.471. The van der Waals surface area contributed by atoms with Crippen molar-refractivity contribution in [3.05, 3.63) is 36.3 Å². The van der Waals surface area contributed by atoms with E-state index >= 15 is 0 Å². The van der Waals surface area contributed by atoms with Crippen LogP contribution >= 0.6 is 0 Å². The van der Waals surface area contributed by atoms with E-state index in [-0.39, 0.29) is 11.4 Å². The molecule has 2 aromatic heterocycles. The van der Waals surface area contributed by atoms with Crippen molar-refractivity contribution in [3.63, 3.8) is 0 Å². The molecule has 0 spiro atoms. The molecule has 0 bridgehead atoms. The van der Waals surface area contributed by atoms with Crippen molar-refractivity contribution in [2.75, 3.05) is 24.6 Å². The van der Waals surface area contributed by atoms with Gasteiger partial charge in [-0.2, -0.15) is 5.26 Å². The zero-order valence-corrected chi connectivity index (χ0v) is 13.6. The van der Waals surface area contributed by atoms with Crippen LogP contribution in [0.4, 0.5) is 10.2 Å². The van der Waals surface area contributed by atoms with Gasteiger partial charge in [-0.3, -0.25) is 0 Å². The predicted molar refractivity (Wildman–Crippen MR) is 86.2 cm³/mol. The van der Waals surface area contributed by atoms with Crippen LogP contribution in [0.15, 0.2) is 24.8 Å². The largest absolute Gasteiger partial charge is 0.463 e. The lowest BCUT2D eigenvalue weighted by atomic mass is 9.82. The van der Waals surface area contributed by atoms with Crippen LogP contribution in [0.25, 0.3) is 0 Å². The minimum absolute atomic E-state index is 0.0258. The lowest BCUT2D eigenvalue weighted by Gasteiger charge is -2.28. The van der Waals surface area contributed by atoms with E-state index in [0.717, 1.165) is 44.7 Å². The number of hydrogen-bond acceptors (Lipinski definition) is 7. The standard InChI is InChI=1S/C17H17FN6O/c18-13-7-22-16(23-8-13)25-11-17-3-1-2-12(17)9-24(10-17)15-14(6-19)20-4-5-21-15/h4-5,7-8,12H,1-3,9-11H2. The maximum Gasteiger partial charge on any atom is 0.316 e. The third-order valence-corrected chi connectivity index (χ3v) is 5.21. The number of ether oxygens (including phenoxy) is 1. The maximum absolute atomic E-state index is 12.9. The first-order valence-electron chi connectivity index (χ1n) is 8.27. The van der Waals surface area contributed by atoms with Gasteiger partial charge in [0, 0.05) is 30.9 Å². The number of fused-ring (bicyclic) bond motifs is 1. The Labute approximate surface area is 144 Å². The molecule has 2 unspecified atom stereocenters. The lowest BCUT2D eigenvalue weighted by molar-refractivity contribution is 0.129. The van der Waals surface area contributed by atoms with E-state index in [1.807, 2.05) is 0 Å². The topological polar surface area (TPSA) is 87.8 Å². The summed E-state index contributed by atoms with van der Waals surface area (Å²) in [6.45, 7) is 2.06. The summed E-state index contributed by atoms with van der Waals surface area (Å²) in [5.74, 6) is 0.612. The summed E-state index contributed by atoms with van der Waals surface area (Å²) < 4.78 is 18.7. The third kappa shape index (κ3) is 2.86. The van der Waals surface area contributed by atoms with Gasteiger partial charge in [0.15, 0.2) is 17.3 Å². The summed E-state index contributed by atoms with van der Waals surface area (Å²) in [4.78, 5) is 18.3. The Morgan fingerprint density at radius 3 is 2.88 bits per heavy atom. The molecule has 128 valence electrons. The van der Waals surface area contributed by atoms with E-state index in [1.54, 1.807) is 6.20 Å². The Hall–Kier alpha value is -2.82. The van der Waals surface area contributed by atoms with E-state index in [0.29, 0.717) is 24.0 Å².